The van der Waals surface area contributed by atoms with Gasteiger partial charge in [-0.15, -0.1) is 24.0 Å². The molecule has 0 aliphatic heterocycles. The summed E-state index contributed by atoms with van der Waals surface area (Å²) in [5.41, 5.74) is 4.97. The number of nitrogens with zero attached hydrogens (tertiary/aromatic N) is 2. The number of aliphatic imine (C=N–C) groups is 1. The molecule has 0 unspecified atom stereocenters. The fourth-order valence-corrected chi connectivity index (χ4v) is 1.79. The molecule has 0 aliphatic rings. The maximum absolute atomic E-state index is 12.7. The van der Waals surface area contributed by atoms with E-state index in [1.165, 1.54) is 18.2 Å². The van der Waals surface area contributed by atoms with E-state index >= 15 is 0 Å². The minimum Gasteiger partial charge on any atom is -0.491 e. The number of benzene rings is 1. The summed E-state index contributed by atoms with van der Waals surface area (Å²) in [6.45, 7) is 5.58. The number of nitrogens with two attached hydrogens (primary N) is 1. The molecule has 4 nitrogen and oxygen atoms in total. The Hall–Kier alpha value is -1.19. The number of halogens is 4. The van der Waals surface area contributed by atoms with Crippen LogP contribution < -0.4 is 10.5 Å². The summed E-state index contributed by atoms with van der Waals surface area (Å²) in [5, 5.41) is 0. The van der Waals surface area contributed by atoms with E-state index in [4.69, 9.17) is 10.5 Å². The summed E-state index contributed by atoms with van der Waals surface area (Å²) in [4.78, 5) is 5.94. The van der Waals surface area contributed by atoms with Crippen LogP contribution in [-0.4, -0.2) is 37.1 Å². The molecule has 0 radical (unpaired) electrons. The van der Waals surface area contributed by atoms with Gasteiger partial charge in [-0.3, -0.25) is 0 Å². The average Bonchev–Trinajstić information content (AvgIpc) is 2.44. The third-order valence-electron chi connectivity index (χ3n) is 2.90. The van der Waals surface area contributed by atoms with Crippen molar-refractivity contribution in [2.45, 2.75) is 20.0 Å². The average molecular weight is 431 g/mol. The lowest BCUT2D eigenvalue weighted by molar-refractivity contribution is -0.138. The van der Waals surface area contributed by atoms with Gasteiger partial charge in [-0.05, 0) is 26.0 Å². The predicted molar refractivity (Wildman–Crippen MR) is 91.8 cm³/mol. The van der Waals surface area contributed by atoms with Crippen LogP contribution in [0.15, 0.2) is 29.3 Å². The molecule has 0 saturated heterocycles. The zero-order valence-electron chi connectivity index (χ0n) is 12.6. The van der Waals surface area contributed by atoms with Gasteiger partial charge in [0.2, 0.25) is 0 Å². The Morgan fingerprint density at radius 2 is 1.82 bits per heavy atom. The van der Waals surface area contributed by atoms with Crippen molar-refractivity contribution in [3.63, 3.8) is 0 Å². The molecule has 22 heavy (non-hydrogen) atoms. The molecule has 126 valence electrons. The summed E-state index contributed by atoms with van der Waals surface area (Å²) < 4.78 is 43.4. The number of ether oxygens (including phenoxy) is 1. The van der Waals surface area contributed by atoms with E-state index in [1.54, 1.807) is 0 Å². The van der Waals surface area contributed by atoms with Crippen molar-refractivity contribution in [3.05, 3.63) is 29.8 Å². The molecule has 0 bridgehead atoms. The zero-order valence-corrected chi connectivity index (χ0v) is 14.9. The van der Waals surface area contributed by atoms with Crippen LogP contribution in [0.3, 0.4) is 0 Å². The Morgan fingerprint density at radius 1 is 1.23 bits per heavy atom. The second-order valence-corrected chi connectivity index (χ2v) is 4.25. The van der Waals surface area contributed by atoms with Gasteiger partial charge in [-0.2, -0.15) is 13.2 Å². The maximum atomic E-state index is 12.7. The Morgan fingerprint density at radius 3 is 2.36 bits per heavy atom. The zero-order chi connectivity index (χ0) is 15.9. The second kappa shape index (κ2) is 9.75. The first kappa shape index (κ1) is 20.8. The lowest BCUT2D eigenvalue weighted by atomic mass is 10.2. The molecule has 0 saturated carbocycles. The summed E-state index contributed by atoms with van der Waals surface area (Å²) in [6.07, 6.45) is -4.43. The van der Waals surface area contributed by atoms with E-state index in [0.717, 1.165) is 19.2 Å². The van der Waals surface area contributed by atoms with Crippen molar-refractivity contribution >= 4 is 29.9 Å². The molecule has 2 N–H and O–H groups in total. The van der Waals surface area contributed by atoms with Crippen LogP contribution in [0.25, 0.3) is 0 Å². The molecule has 0 aliphatic carbocycles. The summed E-state index contributed by atoms with van der Waals surface area (Å²) in [5.74, 6) is 0.175. The number of hydrogen-bond donors (Lipinski definition) is 1. The second-order valence-electron chi connectivity index (χ2n) is 4.25. The van der Waals surface area contributed by atoms with Crippen LogP contribution in [0.1, 0.15) is 19.4 Å². The summed E-state index contributed by atoms with van der Waals surface area (Å²) in [6, 6.07) is 5.10. The molecule has 0 atom stereocenters. The number of para-hydroxylation sites is 1. The first-order valence-electron chi connectivity index (χ1n) is 6.74. The van der Waals surface area contributed by atoms with Gasteiger partial charge in [-0.1, -0.05) is 12.1 Å². The fraction of sp³-hybridized carbons (Fsp3) is 0.500. The number of hydrogen-bond acceptors (Lipinski definition) is 2. The van der Waals surface area contributed by atoms with Gasteiger partial charge in [0.05, 0.1) is 12.1 Å². The van der Waals surface area contributed by atoms with E-state index in [9.17, 15) is 13.2 Å². The Kier molecular flexibility index (Phi) is 9.22. The standard InChI is InChI=1S/C14H20F3N3O.HI/c1-3-20(4-2)13(18)19-9-10-21-12-8-6-5-7-11(12)14(15,16)17;/h5-8H,3-4,9-10H2,1-2H3,(H2,18,19);1H. The van der Waals surface area contributed by atoms with E-state index in [1.807, 2.05) is 18.7 Å². The topological polar surface area (TPSA) is 50.8 Å². The highest BCUT2D eigenvalue weighted by Gasteiger charge is 2.33. The van der Waals surface area contributed by atoms with Crippen molar-refractivity contribution in [2.24, 2.45) is 10.7 Å². The van der Waals surface area contributed by atoms with Crippen LogP contribution in [-0.2, 0) is 6.18 Å². The monoisotopic (exact) mass is 431 g/mol. The quantitative estimate of drug-likeness (QED) is 0.325. The van der Waals surface area contributed by atoms with E-state index in [-0.39, 0.29) is 42.9 Å². The van der Waals surface area contributed by atoms with Gasteiger partial charge in [0.25, 0.3) is 0 Å². The molecule has 0 aromatic heterocycles. The lowest BCUT2D eigenvalue weighted by Crippen LogP contribution is -2.37. The molecule has 1 aromatic rings. The summed E-state index contributed by atoms with van der Waals surface area (Å²) >= 11 is 0. The normalized spacial score (nSPS) is 11.8. The minimum absolute atomic E-state index is 0. The van der Waals surface area contributed by atoms with E-state index in [0.29, 0.717) is 5.96 Å². The van der Waals surface area contributed by atoms with Crippen LogP contribution in [0.4, 0.5) is 13.2 Å². The smallest absolute Gasteiger partial charge is 0.419 e. The molecule has 1 rings (SSSR count). The van der Waals surface area contributed by atoms with E-state index < -0.39 is 11.7 Å². The van der Waals surface area contributed by atoms with Crippen LogP contribution in [0.2, 0.25) is 0 Å². The molecule has 0 heterocycles. The van der Waals surface area contributed by atoms with Gasteiger partial charge in [0, 0.05) is 13.1 Å². The third kappa shape index (κ3) is 6.29. The number of rotatable bonds is 6. The molecule has 0 spiro atoms. The largest absolute Gasteiger partial charge is 0.491 e. The Balaban J connectivity index is 0.00000441. The van der Waals surface area contributed by atoms with Gasteiger partial charge in [0.15, 0.2) is 5.96 Å². The molecule has 8 heteroatoms. The highest BCUT2D eigenvalue weighted by atomic mass is 127. The van der Waals surface area contributed by atoms with Crippen molar-refractivity contribution in [3.8, 4) is 5.75 Å². The van der Waals surface area contributed by atoms with Gasteiger partial charge in [-0.25, -0.2) is 4.99 Å². The SMILES string of the molecule is CCN(CC)C(N)=NCCOc1ccccc1C(F)(F)F.I. The van der Waals surface area contributed by atoms with Crippen molar-refractivity contribution < 1.29 is 17.9 Å². The van der Waals surface area contributed by atoms with Crippen LogP contribution in [0.5, 0.6) is 5.75 Å². The highest BCUT2D eigenvalue weighted by Crippen LogP contribution is 2.35. The number of guanidine groups is 1. The van der Waals surface area contributed by atoms with Crippen LogP contribution >= 0.6 is 24.0 Å². The number of alkyl halides is 3. The molecular formula is C14H21F3IN3O. The molecular weight excluding hydrogens is 410 g/mol. The van der Waals surface area contributed by atoms with Gasteiger partial charge >= 0.3 is 6.18 Å². The van der Waals surface area contributed by atoms with Crippen molar-refractivity contribution in [2.75, 3.05) is 26.2 Å². The minimum atomic E-state index is -4.43. The Bertz CT molecular complexity index is 477. The lowest BCUT2D eigenvalue weighted by Gasteiger charge is -2.19. The predicted octanol–water partition coefficient (Wildman–Crippen LogP) is 3.36. The molecule has 0 amide bonds. The molecule has 0 fully saturated rings. The van der Waals surface area contributed by atoms with Gasteiger partial charge < -0.3 is 15.4 Å². The first-order valence-corrected chi connectivity index (χ1v) is 6.74. The third-order valence-corrected chi connectivity index (χ3v) is 2.90. The fourth-order valence-electron chi connectivity index (χ4n) is 1.79. The van der Waals surface area contributed by atoms with Crippen LogP contribution in [0, 0.1) is 0 Å². The Labute approximate surface area is 145 Å². The molecule has 1 aromatic carbocycles. The van der Waals surface area contributed by atoms with E-state index in [2.05, 4.69) is 4.99 Å². The summed E-state index contributed by atoms with van der Waals surface area (Å²) in [7, 11) is 0. The van der Waals surface area contributed by atoms with Crippen molar-refractivity contribution in [1.82, 2.24) is 4.90 Å². The highest BCUT2D eigenvalue weighted by molar-refractivity contribution is 14.0. The maximum Gasteiger partial charge on any atom is 0.419 e. The first-order chi connectivity index (χ1) is 9.90. The van der Waals surface area contributed by atoms with Gasteiger partial charge in [0.1, 0.15) is 12.4 Å². The van der Waals surface area contributed by atoms with Crippen molar-refractivity contribution in [1.29, 1.82) is 0 Å².